The predicted molar refractivity (Wildman–Crippen MR) is 38.3 cm³/mol. The maximum atomic E-state index is 2.34. The van der Waals surface area contributed by atoms with Crippen molar-refractivity contribution in [1.82, 2.24) is 0 Å². The summed E-state index contributed by atoms with van der Waals surface area (Å²) in [6.45, 7) is 7.01. The van der Waals surface area contributed by atoms with Crippen LogP contribution in [0.15, 0.2) is 0 Å². The van der Waals surface area contributed by atoms with Crippen LogP contribution in [0.4, 0.5) is 0 Å². The molecule has 0 heterocycles. The van der Waals surface area contributed by atoms with Gasteiger partial charge in [-0.3, -0.25) is 0 Å². The minimum absolute atomic E-state index is 0. The summed E-state index contributed by atoms with van der Waals surface area (Å²) in [7, 11) is 0. The van der Waals surface area contributed by atoms with Crippen molar-refractivity contribution in [3.63, 3.8) is 0 Å². The summed E-state index contributed by atoms with van der Waals surface area (Å²) in [6, 6.07) is 0. The van der Waals surface area contributed by atoms with E-state index in [4.69, 9.17) is 0 Å². The maximum absolute atomic E-state index is 2.34. The molecule has 7 heavy (non-hydrogen) atoms. The van der Waals surface area contributed by atoms with E-state index in [0.29, 0.717) is 0 Å². The first-order valence-electron chi connectivity index (χ1n) is 3.18. The molecule has 0 saturated carbocycles. The van der Waals surface area contributed by atoms with Gasteiger partial charge in [0, 0.05) is 0 Å². The van der Waals surface area contributed by atoms with Gasteiger partial charge in [0.05, 0.1) is 0 Å². The Labute approximate surface area is 52.9 Å². The topological polar surface area (TPSA) is 0 Å². The van der Waals surface area contributed by atoms with Crippen molar-refractivity contribution in [2.45, 2.75) is 36.5 Å². The molecule has 0 bridgehead atoms. The van der Waals surface area contributed by atoms with Gasteiger partial charge < -0.3 is 1.43 Å². The normalized spacial score (nSPS) is 10.3. The summed E-state index contributed by atoms with van der Waals surface area (Å²) in [5.41, 5.74) is 0. The van der Waals surface area contributed by atoms with E-state index in [1.165, 1.54) is 15.8 Å². The Hall–Kier alpha value is 0.543. The summed E-state index contributed by atoms with van der Waals surface area (Å²) < 4.78 is 0. The van der Waals surface area contributed by atoms with Crippen LogP contribution in [0.1, 0.15) is 22.2 Å². The zero-order valence-electron chi connectivity index (χ0n) is 6.62. The van der Waals surface area contributed by atoms with Gasteiger partial charge >= 0.3 is 50.9 Å². The van der Waals surface area contributed by atoms with E-state index in [0.717, 1.165) is 0 Å². The van der Waals surface area contributed by atoms with Gasteiger partial charge in [0.1, 0.15) is 0 Å². The molecular formula is C6H16Ge-. The molecule has 0 aromatic carbocycles. The van der Waals surface area contributed by atoms with Crippen LogP contribution in [0.5, 0.6) is 0 Å². The molecule has 0 N–H and O–H groups in total. The van der Waals surface area contributed by atoms with Crippen molar-refractivity contribution in [3.05, 3.63) is 0 Å². The van der Waals surface area contributed by atoms with Crippen LogP contribution in [-0.2, 0) is 0 Å². The van der Waals surface area contributed by atoms with Crippen molar-refractivity contribution in [2.75, 3.05) is 0 Å². The number of hydrogen-bond acceptors (Lipinski definition) is 0. The molecule has 0 atom stereocenters. The molecule has 1 heteroatoms. The second kappa shape index (κ2) is 4.70. The third kappa shape index (κ3) is 3.15. The van der Waals surface area contributed by atoms with Crippen LogP contribution in [0.2, 0.25) is 15.8 Å². The standard InChI is InChI=1S/C6H15Ge.H/c1-4-7(5-2)6-3;/h4-6H2,1-3H3;/q;-1. The van der Waals surface area contributed by atoms with Crippen LogP contribution in [-0.4, -0.2) is 14.3 Å². The Morgan fingerprint density at radius 2 is 1.29 bits per heavy atom. The van der Waals surface area contributed by atoms with E-state index in [2.05, 4.69) is 20.8 Å². The average Bonchev–Trinajstić information content (AvgIpc) is 1.72. The molecule has 0 aliphatic rings. The maximum Gasteiger partial charge on any atom is -1.00 e. The van der Waals surface area contributed by atoms with Crippen LogP contribution in [0, 0.1) is 0 Å². The zero-order chi connectivity index (χ0) is 5.70. The summed E-state index contributed by atoms with van der Waals surface area (Å²) in [5.74, 6) is 0. The first-order valence-corrected chi connectivity index (χ1v) is 7.63. The number of hydrogen-bond donors (Lipinski definition) is 0. The van der Waals surface area contributed by atoms with E-state index in [1.54, 1.807) is 0 Å². The van der Waals surface area contributed by atoms with Crippen molar-refractivity contribution in [2.24, 2.45) is 0 Å². The van der Waals surface area contributed by atoms with E-state index in [1.807, 2.05) is 0 Å². The fourth-order valence-corrected chi connectivity index (χ4v) is 3.90. The van der Waals surface area contributed by atoms with Gasteiger partial charge in [-0.1, -0.05) is 0 Å². The Kier molecular flexibility index (Phi) is 5.06. The summed E-state index contributed by atoms with van der Waals surface area (Å²) in [6.07, 6.45) is 0. The molecule has 0 aliphatic carbocycles. The van der Waals surface area contributed by atoms with E-state index in [-0.39, 0.29) is 1.43 Å². The molecule has 0 unspecified atom stereocenters. The van der Waals surface area contributed by atoms with Crippen molar-refractivity contribution in [3.8, 4) is 0 Å². The molecule has 0 aromatic heterocycles. The van der Waals surface area contributed by atoms with Gasteiger partial charge in [-0.25, -0.2) is 0 Å². The molecule has 0 spiro atoms. The van der Waals surface area contributed by atoms with E-state index < -0.39 is 14.3 Å². The summed E-state index contributed by atoms with van der Waals surface area (Å²) >= 11 is -0.403. The quantitative estimate of drug-likeness (QED) is 0.557. The minimum atomic E-state index is -0.403. The Morgan fingerprint density at radius 1 is 1.00 bits per heavy atom. The van der Waals surface area contributed by atoms with Crippen LogP contribution >= 0.6 is 0 Å². The molecule has 0 aliphatic heterocycles. The van der Waals surface area contributed by atoms with Crippen LogP contribution < -0.4 is 0 Å². The fraction of sp³-hybridized carbons (Fsp3) is 1.00. The fourth-order valence-electron chi connectivity index (χ4n) is 0.750. The minimum Gasteiger partial charge on any atom is -1.00 e. The third-order valence-electron chi connectivity index (χ3n) is 1.50. The second-order valence-electron chi connectivity index (χ2n) is 1.81. The smallest absolute Gasteiger partial charge is 1.00 e. The van der Waals surface area contributed by atoms with Crippen molar-refractivity contribution < 1.29 is 1.43 Å². The molecule has 0 fully saturated rings. The number of rotatable bonds is 3. The largest absolute Gasteiger partial charge is 1.00 e. The van der Waals surface area contributed by atoms with Crippen LogP contribution in [0.25, 0.3) is 0 Å². The van der Waals surface area contributed by atoms with Crippen molar-refractivity contribution in [1.29, 1.82) is 0 Å². The van der Waals surface area contributed by atoms with Gasteiger partial charge in [0.25, 0.3) is 0 Å². The molecule has 0 saturated heterocycles. The Bertz CT molecular complexity index is 30.0. The molecule has 1 radical (unpaired) electrons. The SMILES string of the molecule is C[CH2][Ge]([CH2]C)[CH2]C.[H-]. The Balaban J connectivity index is 0. The van der Waals surface area contributed by atoms with Gasteiger partial charge in [0.15, 0.2) is 0 Å². The molecular weight excluding hydrogens is 145 g/mol. The van der Waals surface area contributed by atoms with Crippen LogP contribution in [0.3, 0.4) is 0 Å². The van der Waals surface area contributed by atoms with E-state index in [9.17, 15) is 0 Å². The monoisotopic (exact) mass is 162 g/mol. The second-order valence-corrected chi connectivity index (χ2v) is 9.41. The predicted octanol–water partition coefficient (Wildman–Crippen LogP) is 2.65. The first-order chi connectivity index (χ1) is 3.35. The molecule has 0 aromatic rings. The molecule has 45 valence electrons. The first kappa shape index (κ1) is 7.54. The van der Waals surface area contributed by atoms with Gasteiger partial charge in [0.2, 0.25) is 0 Å². The average molecular weight is 161 g/mol. The zero-order valence-corrected chi connectivity index (χ0v) is 7.72. The summed E-state index contributed by atoms with van der Waals surface area (Å²) in [4.78, 5) is 0. The third-order valence-corrected chi connectivity index (χ3v) is 7.79. The van der Waals surface area contributed by atoms with Gasteiger partial charge in [-0.2, -0.15) is 0 Å². The Morgan fingerprint density at radius 3 is 1.29 bits per heavy atom. The van der Waals surface area contributed by atoms with Gasteiger partial charge in [-0.15, -0.1) is 0 Å². The molecule has 0 nitrogen and oxygen atoms in total. The molecule has 0 amide bonds. The summed E-state index contributed by atoms with van der Waals surface area (Å²) in [5, 5.41) is 4.56. The van der Waals surface area contributed by atoms with E-state index >= 15 is 0 Å². The van der Waals surface area contributed by atoms with Gasteiger partial charge in [-0.05, 0) is 0 Å². The van der Waals surface area contributed by atoms with Crippen molar-refractivity contribution >= 4 is 14.3 Å². The molecule has 0 rings (SSSR count).